The summed E-state index contributed by atoms with van der Waals surface area (Å²) in [6.45, 7) is 0.544. The second-order valence-corrected chi connectivity index (χ2v) is 6.05. The van der Waals surface area contributed by atoms with Gasteiger partial charge in [0.15, 0.2) is 0 Å². The molecule has 1 N–H and O–H groups in total. The van der Waals surface area contributed by atoms with Gasteiger partial charge in [-0.2, -0.15) is 0 Å². The molecule has 25 heavy (non-hydrogen) atoms. The molecular formula is C20H26N2O3. The molecule has 0 spiro atoms. The number of benzene rings is 2. The second-order valence-electron chi connectivity index (χ2n) is 6.05. The average Bonchev–Trinajstić information content (AvgIpc) is 2.62. The van der Waals surface area contributed by atoms with Crippen molar-refractivity contribution in [2.75, 3.05) is 34.9 Å². The summed E-state index contributed by atoms with van der Waals surface area (Å²) >= 11 is 0. The molecule has 1 unspecified atom stereocenters. The summed E-state index contributed by atoms with van der Waals surface area (Å²) in [4.78, 5) is 14.5. The minimum Gasteiger partial charge on any atom is -0.497 e. The quantitative estimate of drug-likeness (QED) is 0.801. The lowest BCUT2D eigenvalue weighted by atomic mass is 10.1. The molecule has 0 aliphatic carbocycles. The molecule has 0 saturated heterocycles. The highest BCUT2D eigenvalue weighted by molar-refractivity contribution is 5.79. The Morgan fingerprint density at radius 3 is 2.40 bits per heavy atom. The van der Waals surface area contributed by atoms with Crippen LogP contribution in [0, 0.1) is 0 Å². The number of carbonyl (C=O) groups is 1. The Balaban J connectivity index is 2.02. The van der Waals surface area contributed by atoms with Crippen molar-refractivity contribution in [2.24, 2.45) is 0 Å². The topological polar surface area (TPSA) is 50.8 Å². The highest BCUT2D eigenvalue weighted by Crippen LogP contribution is 2.24. The minimum atomic E-state index is -0.0469. The van der Waals surface area contributed by atoms with Gasteiger partial charge in [-0.3, -0.25) is 4.79 Å². The lowest BCUT2D eigenvalue weighted by Crippen LogP contribution is -2.35. The monoisotopic (exact) mass is 342 g/mol. The second kappa shape index (κ2) is 9.08. The van der Waals surface area contributed by atoms with Crippen molar-refractivity contribution in [3.63, 3.8) is 0 Å². The molecule has 0 aliphatic rings. The van der Waals surface area contributed by atoms with E-state index in [9.17, 15) is 4.79 Å². The summed E-state index contributed by atoms with van der Waals surface area (Å²) in [7, 11) is 7.22. The number of ether oxygens (including phenoxy) is 2. The summed E-state index contributed by atoms with van der Waals surface area (Å²) in [5.74, 6) is 1.34. The lowest BCUT2D eigenvalue weighted by Gasteiger charge is -2.25. The molecular weight excluding hydrogens is 316 g/mol. The van der Waals surface area contributed by atoms with Crippen LogP contribution < -0.4 is 14.8 Å². The molecule has 5 heteroatoms. The molecule has 134 valence electrons. The van der Waals surface area contributed by atoms with E-state index in [1.807, 2.05) is 50.5 Å². The first kappa shape index (κ1) is 18.8. The maximum atomic E-state index is 12.4. The number of hydrogen-bond donors (Lipinski definition) is 1. The van der Waals surface area contributed by atoms with Crippen molar-refractivity contribution in [3.8, 4) is 11.5 Å². The SMILES string of the molecule is COc1ccc(OC)c(CC(=O)NCC(c2ccccc2)N(C)C)c1. The molecule has 0 bridgehead atoms. The summed E-state index contributed by atoms with van der Waals surface area (Å²) in [6.07, 6.45) is 0.245. The van der Waals surface area contributed by atoms with Crippen LogP contribution >= 0.6 is 0 Å². The number of amides is 1. The normalized spacial score (nSPS) is 11.9. The third kappa shape index (κ3) is 5.22. The maximum Gasteiger partial charge on any atom is 0.224 e. The third-order valence-electron chi connectivity index (χ3n) is 4.14. The van der Waals surface area contributed by atoms with Gasteiger partial charge in [0.25, 0.3) is 0 Å². The summed E-state index contributed by atoms with van der Waals surface area (Å²) in [5.41, 5.74) is 1.98. The highest BCUT2D eigenvalue weighted by atomic mass is 16.5. The van der Waals surface area contributed by atoms with Gasteiger partial charge < -0.3 is 19.7 Å². The Morgan fingerprint density at radius 2 is 1.80 bits per heavy atom. The maximum absolute atomic E-state index is 12.4. The van der Waals surface area contributed by atoms with Crippen molar-refractivity contribution in [1.82, 2.24) is 10.2 Å². The van der Waals surface area contributed by atoms with Gasteiger partial charge in [0.1, 0.15) is 11.5 Å². The first-order valence-electron chi connectivity index (χ1n) is 8.24. The summed E-state index contributed by atoms with van der Waals surface area (Å²) in [6, 6.07) is 15.7. The molecule has 1 atom stereocenters. The zero-order valence-corrected chi connectivity index (χ0v) is 15.3. The zero-order chi connectivity index (χ0) is 18.2. The fourth-order valence-corrected chi connectivity index (χ4v) is 2.74. The van der Waals surface area contributed by atoms with Crippen LogP contribution in [-0.2, 0) is 11.2 Å². The highest BCUT2D eigenvalue weighted by Gasteiger charge is 2.16. The van der Waals surface area contributed by atoms with E-state index in [1.165, 1.54) is 5.56 Å². The van der Waals surface area contributed by atoms with Gasteiger partial charge in [0.2, 0.25) is 5.91 Å². The Bertz CT molecular complexity index is 687. The standard InChI is InChI=1S/C20H26N2O3/c1-22(2)18(15-8-6-5-7-9-15)14-21-20(23)13-16-12-17(24-3)10-11-19(16)25-4/h5-12,18H,13-14H2,1-4H3,(H,21,23). The van der Waals surface area contributed by atoms with E-state index in [4.69, 9.17) is 9.47 Å². The molecule has 0 fully saturated rings. The van der Waals surface area contributed by atoms with Gasteiger partial charge >= 0.3 is 0 Å². The van der Waals surface area contributed by atoms with Gasteiger partial charge in [-0.15, -0.1) is 0 Å². The van der Waals surface area contributed by atoms with Gasteiger partial charge in [-0.25, -0.2) is 0 Å². The van der Waals surface area contributed by atoms with Gasteiger partial charge in [0, 0.05) is 12.1 Å². The number of methoxy groups -OCH3 is 2. The number of rotatable bonds is 8. The third-order valence-corrected chi connectivity index (χ3v) is 4.14. The molecule has 0 heterocycles. The van der Waals surface area contributed by atoms with Gasteiger partial charge in [0.05, 0.1) is 26.7 Å². The number of nitrogens with zero attached hydrogens (tertiary/aromatic N) is 1. The molecule has 2 aromatic carbocycles. The van der Waals surface area contributed by atoms with Crippen molar-refractivity contribution in [3.05, 3.63) is 59.7 Å². The first-order valence-corrected chi connectivity index (χ1v) is 8.24. The van der Waals surface area contributed by atoms with Crippen LogP contribution in [0.2, 0.25) is 0 Å². The van der Waals surface area contributed by atoms with Crippen LogP contribution in [0.25, 0.3) is 0 Å². The van der Waals surface area contributed by atoms with Crippen LogP contribution in [-0.4, -0.2) is 45.7 Å². The summed E-state index contributed by atoms with van der Waals surface area (Å²) < 4.78 is 10.6. The van der Waals surface area contributed by atoms with Crippen LogP contribution in [0.4, 0.5) is 0 Å². The van der Waals surface area contributed by atoms with Crippen molar-refractivity contribution >= 4 is 5.91 Å². The fourth-order valence-electron chi connectivity index (χ4n) is 2.74. The lowest BCUT2D eigenvalue weighted by molar-refractivity contribution is -0.120. The summed E-state index contributed by atoms with van der Waals surface area (Å²) in [5, 5.41) is 3.02. The zero-order valence-electron chi connectivity index (χ0n) is 15.3. The molecule has 1 amide bonds. The van der Waals surface area contributed by atoms with Gasteiger partial charge in [-0.05, 0) is 37.9 Å². The van der Waals surface area contributed by atoms with E-state index in [0.29, 0.717) is 18.0 Å². The largest absolute Gasteiger partial charge is 0.497 e. The smallest absolute Gasteiger partial charge is 0.224 e. The van der Waals surface area contributed by atoms with E-state index < -0.39 is 0 Å². The molecule has 2 rings (SSSR count). The van der Waals surface area contributed by atoms with E-state index >= 15 is 0 Å². The average molecular weight is 342 g/mol. The Kier molecular flexibility index (Phi) is 6.83. The van der Waals surface area contributed by atoms with Crippen molar-refractivity contribution < 1.29 is 14.3 Å². The Morgan fingerprint density at radius 1 is 1.08 bits per heavy atom. The number of hydrogen-bond acceptors (Lipinski definition) is 4. The van der Waals surface area contributed by atoms with Crippen LogP contribution in [0.1, 0.15) is 17.2 Å². The number of nitrogens with one attached hydrogen (secondary N) is 1. The van der Waals surface area contributed by atoms with Crippen molar-refractivity contribution in [1.29, 1.82) is 0 Å². The van der Waals surface area contributed by atoms with E-state index in [0.717, 1.165) is 5.56 Å². The van der Waals surface area contributed by atoms with E-state index in [-0.39, 0.29) is 18.4 Å². The molecule has 0 radical (unpaired) electrons. The number of likely N-dealkylation sites (N-methyl/N-ethyl adjacent to an activating group) is 1. The van der Waals surface area contributed by atoms with Crippen LogP contribution in [0.3, 0.4) is 0 Å². The molecule has 0 aromatic heterocycles. The predicted molar refractivity (Wildman–Crippen MR) is 99.1 cm³/mol. The van der Waals surface area contributed by atoms with Crippen LogP contribution in [0.15, 0.2) is 48.5 Å². The van der Waals surface area contributed by atoms with E-state index in [2.05, 4.69) is 22.3 Å². The Hall–Kier alpha value is -2.53. The predicted octanol–water partition coefficient (Wildman–Crippen LogP) is 2.67. The minimum absolute atomic E-state index is 0.0469. The van der Waals surface area contributed by atoms with Crippen molar-refractivity contribution in [2.45, 2.75) is 12.5 Å². The Labute approximate surface area is 149 Å². The molecule has 0 saturated carbocycles. The fraction of sp³-hybridized carbons (Fsp3) is 0.350. The molecule has 5 nitrogen and oxygen atoms in total. The molecule has 0 aliphatic heterocycles. The van der Waals surface area contributed by atoms with Gasteiger partial charge in [-0.1, -0.05) is 30.3 Å². The van der Waals surface area contributed by atoms with Crippen LogP contribution in [0.5, 0.6) is 11.5 Å². The van der Waals surface area contributed by atoms with E-state index in [1.54, 1.807) is 14.2 Å². The first-order chi connectivity index (χ1) is 12.0. The number of carbonyl (C=O) groups excluding carboxylic acids is 1. The molecule has 2 aromatic rings.